The molecule has 114 valence electrons. The van der Waals surface area contributed by atoms with E-state index in [1.807, 2.05) is 0 Å². The van der Waals surface area contributed by atoms with E-state index in [4.69, 9.17) is 0 Å². The minimum Gasteiger partial charge on any atom is -0.310 e. The Morgan fingerprint density at radius 2 is 1.85 bits per heavy atom. The Hall–Kier alpha value is -0.960. The number of hydrogen-bond acceptors (Lipinski definition) is 1. The number of halogens is 2. The van der Waals surface area contributed by atoms with E-state index in [0.29, 0.717) is 11.5 Å². The Morgan fingerprint density at radius 3 is 2.40 bits per heavy atom. The van der Waals surface area contributed by atoms with Crippen LogP contribution in [0.3, 0.4) is 0 Å². The first kappa shape index (κ1) is 17.1. The normalized spacial score (nSPS) is 15.2. The molecule has 0 aromatic heterocycles. The van der Waals surface area contributed by atoms with Gasteiger partial charge in [-0.25, -0.2) is 8.78 Å². The first-order chi connectivity index (χ1) is 9.25. The first-order valence-electron chi connectivity index (χ1n) is 7.44. The molecular weight excluding hydrogens is 256 g/mol. The van der Waals surface area contributed by atoms with Gasteiger partial charge in [0.2, 0.25) is 0 Å². The molecule has 1 rings (SSSR count). The van der Waals surface area contributed by atoms with Gasteiger partial charge < -0.3 is 5.32 Å². The average Bonchev–Trinajstić information content (AvgIpc) is 2.36. The molecule has 0 heterocycles. The largest absolute Gasteiger partial charge is 0.310 e. The standard InChI is InChI=1S/C17H27F2N/c1-6-9-20-16(10-12(2)17(3,4)5)14-11-13(18)7-8-15(14)19/h7-8,11-12,16,20H,6,9-10H2,1-5H3. The van der Waals surface area contributed by atoms with Gasteiger partial charge in [-0.05, 0) is 48.9 Å². The molecule has 3 heteroatoms. The molecule has 1 N–H and O–H groups in total. The molecule has 0 spiro atoms. The molecule has 2 unspecified atom stereocenters. The molecule has 0 bridgehead atoms. The molecule has 0 aliphatic rings. The van der Waals surface area contributed by atoms with Gasteiger partial charge in [-0.15, -0.1) is 0 Å². The van der Waals surface area contributed by atoms with E-state index in [0.717, 1.165) is 19.4 Å². The minimum atomic E-state index is -0.381. The summed E-state index contributed by atoms with van der Waals surface area (Å²) in [5, 5.41) is 3.35. The molecule has 0 saturated heterocycles. The molecule has 0 amide bonds. The Morgan fingerprint density at radius 1 is 1.20 bits per heavy atom. The van der Waals surface area contributed by atoms with Crippen molar-refractivity contribution in [3.63, 3.8) is 0 Å². The molecule has 0 fully saturated rings. The highest BCUT2D eigenvalue weighted by molar-refractivity contribution is 5.22. The zero-order valence-electron chi connectivity index (χ0n) is 13.3. The second-order valence-corrected chi connectivity index (χ2v) is 6.68. The van der Waals surface area contributed by atoms with Gasteiger partial charge >= 0.3 is 0 Å². The van der Waals surface area contributed by atoms with Crippen LogP contribution in [0.4, 0.5) is 8.78 Å². The maximum absolute atomic E-state index is 14.0. The van der Waals surface area contributed by atoms with Crippen LogP contribution in [0.15, 0.2) is 18.2 Å². The van der Waals surface area contributed by atoms with Gasteiger partial charge in [0.05, 0.1) is 0 Å². The fourth-order valence-electron chi connectivity index (χ4n) is 2.13. The summed E-state index contributed by atoms with van der Waals surface area (Å²) >= 11 is 0. The van der Waals surface area contributed by atoms with E-state index in [9.17, 15) is 8.78 Å². The average molecular weight is 283 g/mol. The Labute approximate surface area is 121 Å². The van der Waals surface area contributed by atoms with Crippen LogP contribution in [0.1, 0.15) is 59.1 Å². The summed E-state index contributed by atoms with van der Waals surface area (Å²) in [5.74, 6) is -0.311. The van der Waals surface area contributed by atoms with E-state index in [-0.39, 0.29) is 23.1 Å². The fourth-order valence-corrected chi connectivity index (χ4v) is 2.13. The molecule has 1 aromatic rings. The second kappa shape index (κ2) is 7.16. The van der Waals surface area contributed by atoms with Crippen LogP contribution >= 0.6 is 0 Å². The third-order valence-electron chi connectivity index (χ3n) is 4.04. The molecular formula is C17H27F2N. The van der Waals surface area contributed by atoms with Crippen LogP contribution in [-0.4, -0.2) is 6.54 Å². The fraction of sp³-hybridized carbons (Fsp3) is 0.647. The van der Waals surface area contributed by atoms with Crippen LogP contribution in [-0.2, 0) is 0 Å². The summed E-state index contributed by atoms with van der Waals surface area (Å²) in [7, 11) is 0. The lowest BCUT2D eigenvalue weighted by molar-refractivity contribution is 0.221. The zero-order valence-corrected chi connectivity index (χ0v) is 13.3. The van der Waals surface area contributed by atoms with Crippen LogP contribution < -0.4 is 5.32 Å². The maximum Gasteiger partial charge on any atom is 0.128 e. The second-order valence-electron chi connectivity index (χ2n) is 6.68. The molecule has 2 atom stereocenters. The van der Waals surface area contributed by atoms with Gasteiger partial charge in [0.15, 0.2) is 0 Å². The van der Waals surface area contributed by atoms with Crippen molar-refractivity contribution in [2.75, 3.05) is 6.54 Å². The van der Waals surface area contributed by atoms with Crippen LogP contribution in [0.5, 0.6) is 0 Å². The SMILES string of the molecule is CCCNC(CC(C)C(C)(C)C)c1cc(F)ccc1F. The lowest BCUT2D eigenvalue weighted by atomic mass is 9.77. The van der Waals surface area contributed by atoms with Crippen LogP contribution in [0.25, 0.3) is 0 Å². The quantitative estimate of drug-likeness (QED) is 0.768. The van der Waals surface area contributed by atoms with Crippen molar-refractivity contribution in [1.29, 1.82) is 0 Å². The number of nitrogens with one attached hydrogen (secondary N) is 1. The highest BCUT2D eigenvalue weighted by Crippen LogP contribution is 2.34. The molecule has 0 radical (unpaired) electrons. The lowest BCUT2D eigenvalue weighted by Crippen LogP contribution is -2.28. The smallest absolute Gasteiger partial charge is 0.128 e. The number of benzene rings is 1. The lowest BCUT2D eigenvalue weighted by Gasteiger charge is -2.31. The summed E-state index contributed by atoms with van der Waals surface area (Å²) in [6.45, 7) is 11.6. The molecule has 0 aliphatic heterocycles. The predicted molar refractivity (Wildman–Crippen MR) is 80.6 cm³/mol. The monoisotopic (exact) mass is 283 g/mol. The van der Waals surface area contributed by atoms with E-state index < -0.39 is 0 Å². The molecule has 20 heavy (non-hydrogen) atoms. The van der Waals surface area contributed by atoms with Crippen molar-refractivity contribution in [3.8, 4) is 0 Å². The number of hydrogen-bond donors (Lipinski definition) is 1. The summed E-state index contributed by atoms with van der Waals surface area (Å²) in [6, 6.07) is 3.56. The van der Waals surface area contributed by atoms with E-state index in [1.54, 1.807) is 0 Å². The van der Waals surface area contributed by atoms with E-state index in [1.165, 1.54) is 18.2 Å². The van der Waals surface area contributed by atoms with E-state index in [2.05, 4.69) is 39.9 Å². The van der Waals surface area contributed by atoms with E-state index >= 15 is 0 Å². The first-order valence-corrected chi connectivity index (χ1v) is 7.44. The third-order valence-corrected chi connectivity index (χ3v) is 4.04. The molecule has 0 saturated carbocycles. The molecule has 0 aliphatic carbocycles. The third kappa shape index (κ3) is 4.86. The Kier molecular flexibility index (Phi) is 6.12. The van der Waals surface area contributed by atoms with Crippen molar-refractivity contribution < 1.29 is 8.78 Å². The summed E-state index contributed by atoms with van der Waals surface area (Å²) in [4.78, 5) is 0. The van der Waals surface area contributed by atoms with Gasteiger partial charge in [-0.2, -0.15) is 0 Å². The Balaban J connectivity index is 2.96. The Bertz CT molecular complexity index is 423. The van der Waals surface area contributed by atoms with Crippen LogP contribution in [0.2, 0.25) is 0 Å². The highest BCUT2D eigenvalue weighted by Gasteiger charge is 2.25. The van der Waals surface area contributed by atoms with Crippen molar-refractivity contribution in [2.45, 2.75) is 53.5 Å². The van der Waals surface area contributed by atoms with Gasteiger partial charge in [-0.3, -0.25) is 0 Å². The minimum absolute atomic E-state index is 0.139. The van der Waals surface area contributed by atoms with Crippen LogP contribution in [0, 0.1) is 23.0 Å². The highest BCUT2D eigenvalue weighted by atomic mass is 19.1. The summed E-state index contributed by atoms with van der Waals surface area (Å²) in [5.41, 5.74) is 0.588. The number of rotatable bonds is 6. The van der Waals surface area contributed by atoms with Gasteiger partial charge in [-0.1, -0.05) is 34.6 Å². The van der Waals surface area contributed by atoms with Gasteiger partial charge in [0.25, 0.3) is 0 Å². The predicted octanol–water partition coefficient (Wildman–Crippen LogP) is 5.08. The summed E-state index contributed by atoms with van der Waals surface area (Å²) in [6.07, 6.45) is 1.77. The molecule has 1 nitrogen and oxygen atoms in total. The van der Waals surface area contributed by atoms with Crippen molar-refractivity contribution in [3.05, 3.63) is 35.4 Å². The molecule has 1 aromatic carbocycles. The van der Waals surface area contributed by atoms with Crippen molar-refractivity contribution in [2.24, 2.45) is 11.3 Å². The zero-order chi connectivity index (χ0) is 15.3. The van der Waals surface area contributed by atoms with Crippen molar-refractivity contribution in [1.82, 2.24) is 5.32 Å². The topological polar surface area (TPSA) is 12.0 Å². The van der Waals surface area contributed by atoms with Gasteiger partial charge in [0, 0.05) is 11.6 Å². The maximum atomic E-state index is 14.0. The summed E-state index contributed by atoms with van der Waals surface area (Å²) < 4.78 is 27.4. The van der Waals surface area contributed by atoms with Crippen molar-refractivity contribution >= 4 is 0 Å². The van der Waals surface area contributed by atoms with Gasteiger partial charge in [0.1, 0.15) is 11.6 Å².